The maximum Gasteiger partial charge on any atom is 0.413 e. The Morgan fingerprint density at radius 3 is 3.00 bits per heavy atom. The third-order valence-electron chi connectivity index (χ3n) is 2.67. The van der Waals surface area contributed by atoms with Crippen molar-refractivity contribution in [2.75, 3.05) is 19.0 Å². The van der Waals surface area contributed by atoms with Crippen molar-refractivity contribution in [2.24, 2.45) is 0 Å². The highest BCUT2D eigenvalue weighted by molar-refractivity contribution is 7.18. The molecule has 0 fully saturated rings. The van der Waals surface area contributed by atoms with Gasteiger partial charge in [-0.15, -0.1) is 10.2 Å². The summed E-state index contributed by atoms with van der Waals surface area (Å²) in [5.74, 6) is 0.804. The van der Waals surface area contributed by atoms with E-state index in [0.717, 1.165) is 24.2 Å². The Morgan fingerprint density at radius 1 is 1.38 bits per heavy atom. The van der Waals surface area contributed by atoms with Gasteiger partial charge < -0.3 is 9.47 Å². The SMILES string of the molecule is CCCCOc1cccc(-c2nnc(NC(=O)OC)s2)c1. The zero-order chi connectivity index (χ0) is 15.1. The van der Waals surface area contributed by atoms with E-state index in [-0.39, 0.29) is 0 Å². The van der Waals surface area contributed by atoms with Crippen LogP contribution in [0.3, 0.4) is 0 Å². The van der Waals surface area contributed by atoms with Crippen molar-refractivity contribution in [3.05, 3.63) is 24.3 Å². The van der Waals surface area contributed by atoms with Gasteiger partial charge in [-0.2, -0.15) is 0 Å². The molecule has 1 heterocycles. The second kappa shape index (κ2) is 7.58. The van der Waals surface area contributed by atoms with Crippen LogP contribution in [0.4, 0.5) is 9.93 Å². The molecule has 0 aliphatic heterocycles. The van der Waals surface area contributed by atoms with Crippen molar-refractivity contribution >= 4 is 22.6 Å². The molecular formula is C14H17N3O3S. The largest absolute Gasteiger partial charge is 0.494 e. The van der Waals surface area contributed by atoms with Gasteiger partial charge in [0.25, 0.3) is 0 Å². The first-order valence-corrected chi connectivity index (χ1v) is 7.46. The number of benzene rings is 1. The number of methoxy groups -OCH3 is 1. The molecule has 0 saturated heterocycles. The fourth-order valence-electron chi connectivity index (χ4n) is 1.58. The number of carbonyl (C=O) groups is 1. The molecule has 2 aromatic rings. The van der Waals surface area contributed by atoms with Crippen molar-refractivity contribution in [3.8, 4) is 16.3 Å². The smallest absolute Gasteiger partial charge is 0.413 e. The molecule has 1 aromatic heterocycles. The number of carbonyl (C=O) groups excluding carboxylic acids is 1. The molecule has 0 spiro atoms. The third kappa shape index (κ3) is 4.42. The summed E-state index contributed by atoms with van der Waals surface area (Å²) in [5.41, 5.74) is 0.902. The third-order valence-corrected chi connectivity index (χ3v) is 3.55. The number of anilines is 1. The van der Waals surface area contributed by atoms with E-state index in [2.05, 4.69) is 27.2 Å². The van der Waals surface area contributed by atoms with E-state index in [1.54, 1.807) is 0 Å². The van der Waals surface area contributed by atoms with Gasteiger partial charge in [0.15, 0.2) is 0 Å². The first kappa shape index (κ1) is 15.2. The average Bonchev–Trinajstić information content (AvgIpc) is 2.96. The molecule has 112 valence electrons. The molecule has 0 aliphatic carbocycles. The van der Waals surface area contributed by atoms with Crippen molar-refractivity contribution in [3.63, 3.8) is 0 Å². The highest BCUT2D eigenvalue weighted by atomic mass is 32.1. The number of nitrogens with zero attached hydrogens (tertiary/aromatic N) is 2. The maximum absolute atomic E-state index is 11.1. The van der Waals surface area contributed by atoms with E-state index in [9.17, 15) is 4.79 Å². The molecule has 0 bridgehead atoms. The van der Waals surface area contributed by atoms with Gasteiger partial charge in [0.2, 0.25) is 5.13 Å². The van der Waals surface area contributed by atoms with Crippen LogP contribution in [0.25, 0.3) is 10.6 Å². The van der Waals surface area contributed by atoms with E-state index in [0.29, 0.717) is 16.7 Å². The molecule has 0 saturated carbocycles. The summed E-state index contributed by atoms with van der Waals surface area (Å²) >= 11 is 1.28. The molecule has 1 amide bonds. The van der Waals surface area contributed by atoms with E-state index >= 15 is 0 Å². The molecule has 1 aromatic carbocycles. The molecule has 21 heavy (non-hydrogen) atoms. The Kier molecular flexibility index (Phi) is 5.51. The minimum Gasteiger partial charge on any atom is -0.494 e. The number of aromatic nitrogens is 2. The Labute approximate surface area is 127 Å². The summed E-state index contributed by atoms with van der Waals surface area (Å²) in [6.07, 6.45) is 1.56. The Morgan fingerprint density at radius 2 is 2.24 bits per heavy atom. The average molecular weight is 307 g/mol. The summed E-state index contributed by atoms with van der Waals surface area (Å²) in [4.78, 5) is 11.1. The maximum atomic E-state index is 11.1. The predicted molar refractivity (Wildman–Crippen MR) is 81.8 cm³/mol. The number of hydrogen-bond donors (Lipinski definition) is 1. The summed E-state index contributed by atoms with van der Waals surface area (Å²) in [5, 5.41) is 11.6. The molecule has 0 radical (unpaired) electrons. The van der Waals surface area contributed by atoms with Crippen molar-refractivity contribution in [2.45, 2.75) is 19.8 Å². The quantitative estimate of drug-likeness (QED) is 0.826. The van der Waals surface area contributed by atoms with Gasteiger partial charge >= 0.3 is 6.09 Å². The van der Waals surface area contributed by atoms with Crippen LogP contribution < -0.4 is 10.1 Å². The zero-order valence-corrected chi connectivity index (χ0v) is 12.8. The lowest BCUT2D eigenvalue weighted by Gasteiger charge is -2.05. The fourth-order valence-corrected chi connectivity index (χ4v) is 2.31. The van der Waals surface area contributed by atoms with E-state index < -0.39 is 6.09 Å². The van der Waals surface area contributed by atoms with Crippen LogP contribution in [0.15, 0.2) is 24.3 Å². The van der Waals surface area contributed by atoms with Crippen LogP contribution in [0.1, 0.15) is 19.8 Å². The van der Waals surface area contributed by atoms with Crippen LogP contribution in [0.2, 0.25) is 0 Å². The van der Waals surface area contributed by atoms with Crippen LogP contribution in [0.5, 0.6) is 5.75 Å². The molecule has 0 unspecified atom stereocenters. The minimum atomic E-state index is -0.561. The second-order valence-corrected chi connectivity index (χ2v) is 5.24. The molecule has 2 rings (SSSR count). The number of unbranched alkanes of at least 4 members (excludes halogenated alkanes) is 1. The first-order chi connectivity index (χ1) is 10.2. The molecule has 0 atom stereocenters. The summed E-state index contributed by atoms with van der Waals surface area (Å²) < 4.78 is 10.2. The van der Waals surface area contributed by atoms with Crippen LogP contribution in [-0.4, -0.2) is 30.0 Å². The topological polar surface area (TPSA) is 73.3 Å². The van der Waals surface area contributed by atoms with Gasteiger partial charge in [0.05, 0.1) is 13.7 Å². The second-order valence-electron chi connectivity index (χ2n) is 4.26. The molecule has 7 heteroatoms. The molecular weight excluding hydrogens is 290 g/mol. The zero-order valence-electron chi connectivity index (χ0n) is 12.0. The lowest BCUT2D eigenvalue weighted by atomic mass is 10.2. The molecule has 0 aliphatic rings. The van der Waals surface area contributed by atoms with Gasteiger partial charge in [0.1, 0.15) is 10.8 Å². The first-order valence-electron chi connectivity index (χ1n) is 6.64. The number of nitrogens with one attached hydrogen (secondary N) is 1. The predicted octanol–water partition coefficient (Wildman–Crippen LogP) is 3.56. The van der Waals surface area contributed by atoms with E-state index in [1.165, 1.54) is 18.4 Å². The standard InChI is InChI=1S/C14H17N3O3S/c1-3-4-8-20-11-7-5-6-10(9-11)12-16-17-13(21-12)15-14(18)19-2/h5-7,9H,3-4,8H2,1-2H3,(H,15,17,18). The fraction of sp³-hybridized carbons (Fsp3) is 0.357. The molecule has 1 N–H and O–H groups in total. The van der Waals surface area contributed by atoms with E-state index in [1.807, 2.05) is 24.3 Å². The van der Waals surface area contributed by atoms with Crippen LogP contribution in [-0.2, 0) is 4.74 Å². The Hall–Kier alpha value is -2.15. The minimum absolute atomic E-state index is 0.397. The normalized spacial score (nSPS) is 10.2. The van der Waals surface area contributed by atoms with Crippen LogP contribution in [0, 0.1) is 0 Å². The van der Waals surface area contributed by atoms with Gasteiger partial charge in [0, 0.05) is 5.56 Å². The highest BCUT2D eigenvalue weighted by Gasteiger charge is 2.10. The van der Waals surface area contributed by atoms with Gasteiger partial charge in [-0.05, 0) is 18.6 Å². The van der Waals surface area contributed by atoms with Gasteiger partial charge in [-0.25, -0.2) is 4.79 Å². The van der Waals surface area contributed by atoms with Crippen LogP contribution >= 0.6 is 11.3 Å². The Balaban J connectivity index is 2.07. The number of amides is 1. The summed E-state index contributed by atoms with van der Waals surface area (Å²) in [6.45, 7) is 2.82. The van der Waals surface area contributed by atoms with Crippen molar-refractivity contribution in [1.82, 2.24) is 10.2 Å². The highest BCUT2D eigenvalue weighted by Crippen LogP contribution is 2.28. The summed E-state index contributed by atoms with van der Waals surface area (Å²) in [7, 11) is 1.30. The lowest BCUT2D eigenvalue weighted by molar-refractivity contribution is 0.187. The lowest BCUT2D eigenvalue weighted by Crippen LogP contribution is -2.10. The monoisotopic (exact) mass is 307 g/mol. The summed E-state index contributed by atoms with van der Waals surface area (Å²) in [6, 6.07) is 7.66. The van der Waals surface area contributed by atoms with Gasteiger partial charge in [-0.1, -0.05) is 36.8 Å². The Bertz CT molecular complexity index is 601. The van der Waals surface area contributed by atoms with Gasteiger partial charge in [-0.3, -0.25) is 5.32 Å². The number of rotatable bonds is 6. The number of ether oxygens (including phenoxy) is 2. The molecule has 6 nitrogen and oxygen atoms in total. The van der Waals surface area contributed by atoms with E-state index in [4.69, 9.17) is 4.74 Å². The van der Waals surface area contributed by atoms with Crippen molar-refractivity contribution < 1.29 is 14.3 Å². The number of hydrogen-bond acceptors (Lipinski definition) is 6. The van der Waals surface area contributed by atoms with Crippen molar-refractivity contribution in [1.29, 1.82) is 0 Å².